The van der Waals surface area contributed by atoms with E-state index in [9.17, 15) is 4.79 Å². The summed E-state index contributed by atoms with van der Waals surface area (Å²) < 4.78 is 5.50. The average molecular weight is 269 g/mol. The van der Waals surface area contributed by atoms with Gasteiger partial charge in [-0.15, -0.1) is 22.7 Å². The molecule has 0 amide bonds. The Labute approximate surface area is 107 Å². The van der Waals surface area contributed by atoms with Gasteiger partial charge in [-0.25, -0.2) is 9.78 Å². The molecule has 0 aromatic carbocycles. The quantitative estimate of drug-likeness (QED) is 0.906. The minimum absolute atomic E-state index is 0.261. The highest BCUT2D eigenvalue weighted by Gasteiger charge is 2.16. The van der Waals surface area contributed by atoms with Gasteiger partial charge < -0.3 is 9.84 Å². The summed E-state index contributed by atoms with van der Waals surface area (Å²) >= 11 is 2.75. The van der Waals surface area contributed by atoms with Crippen molar-refractivity contribution in [3.05, 3.63) is 32.4 Å². The first-order chi connectivity index (χ1) is 8.20. The predicted octanol–water partition coefficient (Wildman–Crippen LogP) is 3.04. The molecular weight excluding hydrogens is 258 g/mol. The van der Waals surface area contributed by atoms with Crippen molar-refractivity contribution >= 4 is 28.6 Å². The molecule has 2 heterocycles. The highest BCUT2D eigenvalue weighted by atomic mass is 32.1. The Morgan fingerprint density at radius 1 is 1.59 bits per heavy atom. The molecule has 0 unspecified atom stereocenters. The van der Waals surface area contributed by atoms with Gasteiger partial charge in [0.1, 0.15) is 12.4 Å². The zero-order valence-corrected chi connectivity index (χ0v) is 10.8. The Kier molecular flexibility index (Phi) is 3.75. The van der Waals surface area contributed by atoms with E-state index in [0.717, 1.165) is 17.0 Å². The number of carbonyl (C=O) groups is 1. The summed E-state index contributed by atoms with van der Waals surface area (Å²) in [7, 11) is 0. The highest BCUT2D eigenvalue weighted by molar-refractivity contribution is 7.14. The fourth-order valence-corrected chi connectivity index (χ4v) is 2.73. The van der Waals surface area contributed by atoms with E-state index < -0.39 is 5.97 Å². The zero-order chi connectivity index (χ0) is 12.3. The first-order valence-corrected chi connectivity index (χ1v) is 6.82. The molecule has 2 aromatic heterocycles. The number of carboxylic acid groups (broad SMARTS) is 1. The zero-order valence-electron chi connectivity index (χ0n) is 9.17. The van der Waals surface area contributed by atoms with E-state index in [-0.39, 0.29) is 4.88 Å². The topological polar surface area (TPSA) is 59.4 Å². The number of aromatic carboxylic acids is 1. The molecule has 2 aromatic rings. The lowest BCUT2D eigenvalue weighted by atomic mass is 10.3. The Hall–Kier alpha value is -1.40. The third-order valence-corrected chi connectivity index (χ3v) is 4.03. The molecule has 0 saturated heterocycles. The van der Waals surface area contributed by atoms with E-state index in [1.54, 1.807) is 11.6 Å². The first kappa shape index (κ1) is 12.1. The summed E-state index contributed by atoms with van der Waals surface area (Å²) in [5.41, 5.74) is 2.54. The normalized spacial score (nSPS) is 10.4. The van der Waals surface area contributed by atoms with Gasteiger partial charge in [0.25, 0.3) is 0 Å². The Balaban J connectivity index is 2.13. The summed E-state index contributed by atoms with van der Waals surface area (Å²) in [6, 6.07) is 1.79. The lowest BCUT2D eigenvalue weighted by Gasteiger charge is -2.02. The molecule has 2 rings (SSSR count). The maximum Gasteiger partial charge on any atom is 0.349 e. The molecule has 0 aliphatic rings. The SMILES string of the molecule is CCc1cc(OCc2cscn2)c(C(=O)O)s1. The molecule has 1 N–H and O–H groups in total. The molecule has 0 aliphatic heterocycles. The van der Waals surface area contributed by atoms with Gasteiger partial charge in [0.15, 0.2) is 4.88 Å². The Morgan fingerprint density at radius 3 is 3.00 bits per heavy atom. The van der Waals surface area contributed by atoms with Crippen LogP contribution >= 0.6 is 22.7 Å². The van der Waals surface area contributed by atoms with Crippen LogP contribution in [0.15, 0.2) is 17.0 Å². The number of aryl methyl sites for hydroxylation is 1. The van der Waals surface area contributed by atoms with Gasteiger partial charge in [-0.3, -0.25) is 0 Å². The van der Waals surface area contributed by atoms with E-state index in [1.165, 1.54) is 22.7 Å². The summed E-state index contributed by atoms with van der Waals surface area (Å²) in [6.45, 7) is 2.30. The Bertz CT molecular complexity index is 505. The third kappa shape index (κ3) is 2.83. The van der Waals surface area contributed by atoms with Crippen LogP contribution in [0.5, 0.6) is 5.75 Å². The van der Waals surface area contributed by atoms with E-state index in [0.29, 0.717) is 12.4 Å². The van der Waals surface area contributed by atoms with Crippen LogP contribution in [-0.2, 0) is 13.0 Å². The van der Waals surface area contributed by atoms with E-state index in [4.69, 9.17) is 9.84 Å². The number of rotatable bonds is 5. The van der Waals surface area contributed by atoms with Gasteiger partial charge in [0.2, 0.25) is 0 Å². The van der Waals surface area contributed by atoms with Crippen LogP contribution < -0.4 is 4.74 Å². The number of nitrogens with zero attached hydrogens (tertiary/aromatic N) is 1. The minimum Gasteiger partial charge on any atom is -0.485 e. The van der Waals surface area contributed by atoms with Crippen LogP contribution in [-0.4, -0.2) is 16.1 Å². The number of ether oxygens (including phenoxy) is 1. The first-order valence-electron chi connectivity index (χ1n) is 5.06. The molecule has 0 aliphatic carbocycles. The van der Waals surface area contributed by atoms with Crippen molar-refractivity contribution in [2.45, 2.75) is 20.0 Å². The largest absolute Gasteiger partial charge is 0.485 e. The van der Waals surface area contributed by atoms with Crippen molar-refractivity contribution in [2.75, 3.05) is 0 Å². The van der Waals surface area contributed by atoms with Crippen LogP contribution in [0.4, 0.5) is 0 Å². The van der Waals surface area contributed by atoms with E-state index in [1.807, 2.05) is 12.3 Å². The predicted molar refractivity (Wildman–Crippen MR) is 67.1 cm³/mol. The van der Waals surface area contributed by atoms with Crippen LogP contribution in [0.1, 0.15) is 27.2 Å². The van der Waals surface area contributed by atoms with Gasteiger partial charge in [-0.1, -0.05) is 6.92 Å². The summed E-state index contributed by atoms with van der Waals surface area (Å²) in [4.78, 5) is 16.4. The number of thiazole rings is 1. The van der Waals surface area contributed by atoms with Gasteiger partial charge in [0.05, 0.1) is 11.2 Å². The molecule has 0 radical (unpaired) electrons. The van der Waals surface area contributed by atoms with Gasteiger partial charge in [0, 0.05) is 10.3 Å². The second-order valence-electron chi connectivity index (χ2n) is 3.33. The van der Waals surface area contributed by atoms with Gasteiger partial charge in [-0.2, -0.15) is 0 Å². The van der Waals surface area contributed by atoms with Crippen molar-refractivity contribution < 1.29 is 14.6 Å². The molecule has 0 fully saturated rings. The summed E-state index contributed by atoms with van der Waals surface area (Å²) in [5.74, 6) is -0.504. The van der Waals surface area contributed by atoms with Crippen LogP contribution in [0.25, 0.3) is 0 Å². The third-order valence-electron chi connectivity index (χ3n) is 2.15. The molecule has 17 heavy (non-hydrogen) atoms. The fraction of sp³-hybridized carbons (Fsp3) is 0.273. The van der Waals surface area contributed by atoms with Crippen LogP contribution in [0, 0.1) is 0 Å². The Morgan fingerprint density at radius 2 is 2.41 bits per heavy atom. The maximum atomic E-state index is 11.0. The lowest BCUT2D eigenvalue weighted by Crippen LogP contribution is -2.00. The lowest BCUT2D eigenvalue weighted by molar-refractivity contribution is 0.0697. The smallest absolute Gasteiger partial charge is 0.349 e. The molecule has 0 spiro atoms. The standard InChI is InChI=1S/C11H11NO3S2/c1-2-8-3-9(10(17-8)11(13)14)15-4-7-5-16-6-12-7/h3,5-6H,2,4H2,1H3,(H,13,14). The number of carboxylic acids is 1. The van der Waals surface area contributed by atoms with Crippen LogP contribution in [0.3, 0.4) is 0 Å². The average Bonchev–Trinajstić information content (AvgIpc) is 2.95. The van der Waals surface area contributed by atoms with Gasteiger partial charge >= 0.3 is 5.97 Å². The van der Waals surface area contributed by atoms with Crippen molar-refractivity contribution in [2.24, 2.45) is 0 Å². The second-order valence-corrected chi connectivity index (χ2v) is 5.19. The van der Waals surface area contributed by atoms with E-state index in [2.05, 4.69) is 4.98 Å². The van der Waals surface area contributed by atoms with Crippen LogP contribution in [0.2, 0.25) is 0 Å². The second kappa shape index (κ2) is 5.29. The maximum absolute atomic E-state index is 11.0. The molecule has 90 valence electrons. The van der Waals surface area contributed by atoms with E-state index >= 15 is 0 Å². The van der Waals surface area contributed by atoms with Crippen molar-refractivity contribution in [1.29, 1.82) is 0 Å². The highest BCUT2D eigenvalue weighted by Crippen LogP contribution is 2.30. The van der Waals surface area contributed by atoms with Crippen molar-refractivity contribution in [3.63, 3.8) is 0 Å². The monoisotopic (exact) mass is 269 g/mol. The summed E-state index contributed by atoms with van der Waals surface area (Å²) in [5, 5.41) is 10.9. The number of aromatic nitrogens is 1. The molecular formula is C11H11NO3S2. The fourth-order valence-electron chi connectivity index (χ4n) is 1.31. The van der Waals surface area contributed by atoms with Gasteiger partial charge in [-0.05, 0) is 12.5 Å². The molecule has 0 saturated carbocycles. The number of thiophene rings is 1. The number of hydrogen-bond donors (Lipinski definition) is 1. The molecule has 6 heteroatoms. The van der Waals surface area contributed by atoms with Crippen molar-refractivity contribution in [3.8, 4) is 5.75 Å². The van der Waals surface area contributed by atoms with Crippen molar-refractivity contribution in [1.82, 2.24) is 4.98 Å². The number of hydrogen-bond acceptors (Lipinski definition) is 5. The molecule has 0 bridgehead atoms. The minimum atomic E-state index is -0.942. The summed E-state index contributed by atoms with van der Waals surface area (Å²) in [6.07, 6.45) is 0.811. The molecule has 0 atom stereocenters. The molecule has 4 nitrogen and oxygen atoms in total.